The van der Waals surface area contributed by atoms with E-state index in [0.717, 1.165) is 25.2 Å². The Labute approximate surface area is 127 Å². The highest BCUT2D eigenvalue weighted by atomic mass is 32.1. The van der Waals surface area contributed by atoms with Gasteiger partial charge in [0.2, 0.25) is 0 Å². The largest absolute Gasteiger partial charge is 0.395 e. The second-order valence-electron chi connectivity index (χ2n) is 6.06. The molecule has 1 rings (SSSR count). The van der Waals surface area contributed by atoms with Gasteiger partial charge in [-0.25, -0.2) is 0 Å². The summed E-state index contributed by atoms with van der Waals surface area (Å²) in [5.74, 6) is 7.46. The molecule has 0 bridgehead atoms. The topological polar surface area (TPSA) is 23.5 Å². The lowest BCUT2D eigenvalue weighted by Crippen LogP contribution is -2.30. The molecule has 2 nitrogen and oxygen atoms in total. The molecule has 0 aromatic carbocycles. The highest BCUT2D eigenvalue weighted by Crippen LogP contribution is 2.18. The maximum Gasteiger partial charge on any atom is 0.0540 e. The Hall–Kier alpha value is -0.820. The van der Waals surface area contributed by atoms with E-state index >= 15 is 0 Å². The van der Waals surface area contributed by atoms with Crippen molar-refractivity contribution in [1.82, 2.24) is 4.90 Å². The van der Waals surface area contributed by atoms with Gasteiger partial charge < -0.3 is 5.11 Å². The van der Waals surface area contributed by atoms with E-state index < -0.39 is 0 Å². The second-order valence-corrected chi connectivity index (χ2v) is 7.05. The smallest absolute Gasteiger partial charge is 0.0540 e. The summed E-state index contributed by atoms with van der Waals surface area (Å²) in [7, 11) is 0. The zero-order valence-electron chi connectivity index (χ0n) is 13.1. The standard InChI is InChI=1S/C17H27NOS/c1-14(2)10-18(11-15(3)4)12-17-9-16(13-20-17)7-5-6-8-19/h9,13-15,19H,6,8,10-12H2,1-4H3. The molecular formula is C17H27NOS. The van der Waals surface area contributed by atoms with Crippen LogP contribution in [0.25, 0.3) is 0 Å². The molecule has 1 aromatic heterocycles. The van der Waals surface area contributed by atoms with Gasteiger partial charge in [-0.2, -0.15) is 0 Å². The first-order chi connectivity index (χ1) is 9.51. The summed E-state index contributed by atoms with van der Waals surface area (Å²) in [6.45, 7) is 12.5. The molecule has 3 heteroatoms. The summed E-state index contributed by atoms with van der Waals surface area (Å²) < 4.78 is 0. The molecule has 0 spiro atoms. The molecule has 112 valence electrons. The summed E-state index contributed by atoms with van der Waals surface area (Å²) in [6.07, 6.45) is 0.554. The van der Waals surface area contributed by atoms with Crippen molar-refractivity contribution < 1.29 is 5.11 Å². The van der Waals surface area contributed by atoms with E-state index in [0.29, 0.717) is 18.3 Å². The number of thiophene rings is 1. The van der Waals surface area contributed by atoms with Gasteiger partial charge in [0, 0.05) is 41.9 Å². The molecule has 0 amide bonds. The third-order valence-electron chi connectivity index (χ3n) is 2.75. The number of hydrogen-bond acceptors (Lipinski definition) is 3. The normalized spacial score (nSPS) is 11.2. The van der Waals surface area contributed by atoms with E-state index in [1.54, 1.807) is 11.3 Å². The zero-order valence-corrected chi connectivity index (χ0v) is 14.0. The van der Waals surface area contributed by atoms with Crippen LogP contribution in [0, 0.1) is 23.7 Å². The maximum absolute atomic E-state index is 8.73. The average molecular weight is 293 g/mol. The van der Waals surface area contributed by atoms with Gasteiger partial charge in [0.15, 0.2) is 0 Å². The first-order valence-corrected chi connectivity index (χ1v) is 8.28. The molecule has 0 radical (unpaired) electrons. The Kier molecular flexibility index (Phi) is 7.91. The van der Waals surface area contributed by atoms with Crippen LogP contribution in [0.1, 0.15) is 44.6 Å². The molecule has 0 saturated heterocycles. The summed E-state index contributed by atoms with van der Waals surface area (Å²) in [6, 6.07) is 2.18. The SMILES string of the molecule is CC(C)CN(Cc1cc(C#CCCO)cs1)CC(C)C. The van der Waals surface area contributed by atoms with E-state index in [9.17, 15) is 0 Å². The predicted molar refractivity (Wildman–Crippen MR) is 87.9 cm³/mol. The van der Waals surface area contributed by atoms with Gasteiger partial charge >= 0.3 is 0 Å². The fourth-order valence-electron chi connectivity index (χ4n) is 2.21. The summed E-state index contributed by atoms with van der Waals surface area (Å²) >= 11 is 1.78. The Bertz CT molecular complexity index is 429. The van der Waals surface area contributed by atoms with Crippen LogP contribution in [-0.2, 0) is 6.54 Å². The van der Waals surface area contributed by atoms with E-state index in [1.165, 1.54) is 4.88 Å². The van der Waals surface area contributed by atoms with Crippen LogP contribution < -0.4 is 0 Å². The van der Waals surface area contributed by atoms with E-state index in [4.69, 9.17) is 5.11 Å². The van der Waals surface area contributed by atoms with Crippen molar-refractivity contribution >= 4 is 11.3 Å². The van der Waals surface area contributed by atoms with Crippen molar-refractivity contribution in [2.45, 2.75) is 40.7 Å². The Morgan fingerprint density at radius 2 is 1.85 bits per heavy atom. The molecule has 0 aliphatic rings. The minimum Gasteiger partial charge on any atom is -0.395 e. The summed E-state index contributed by atoms with van der Waals surface area (Å²) in [5, 5.41) is 10.8. The molecule has 0 unspecified atom stereocenters. The molecule has 0 aliphatic heterocycles. The van der Waals surface area contributed by atoms with Gasteiger partial charge in [-0.3, -0.25) is 4.90 Å². The zero-order chi connectivity index (χ0) is 15.0. The van der Waals surface area contributed by atoms with Crippen LogP contribution in [0.3, 0.4) is 0 Å². The molecule has 0 saturated carbocycles. The van der Waals surface area contributed by atoms with Gasteiger partial charge in [0.1, 0.15) is 0 Å². The van der Waals surface area contributed by atoms with E-state index in [2.05, 4.69) is 55.9 Å². The summed E-state index contributed by atoms with van der Waals surface area (Å²) in [4.78, 5) is 3.91. The van der Waals surface area contributed by atoms with Crippen LogP contribution in [0.2, 0.25) is 0 Å². The molecule has 0 atom stereocenters. The predicted octanol–water partition coefficient (Wildman–Crippen LogP) is 3.60. The van der Waals surface area contributed by atoms with Crippen molar-refractivity contribution in [3.8, 4) is 11.8 Å². The van der Waals surface area contributed by atoms with Crippen LogP contribution in [0.15, 0.2) is 11.4 Å². The number of rotatable bonds is 7. The van der Waals surface area contributed by atoms with Crippen LogP contribution in [0.4, 0.5) is 0 Å². The van der Waals surface area contributed by atoms with Crippen LogP contribution >= 0.6 is 11.3 Å². The first-order valence-electron chi connectivity index (χ1n) is 7.40. The Balaban J connectivity index is 2.62. The fourth-order valence-corrected chi connectivity index (χ4v) is 3.06. The number of hydrogen-bond donors (Lipinski definition) is 1. The van der Waals surface area contributed by atoms with Gasteiger partial charge in [0.25, 0.3) is 0 Å². The summed E-state index contributed by atoms with van der Waals surface area (Å²) in [5.41, 5.74) is 1.08. The average Bonchev–Trinajstić information content (AvgIpc) is 2.75. The molecule has 20 heavy (non-hydrogen) atoms. The van der Waals surface area contributed by atoms with Crippen molar-refractivity contribution in [2.24, 2.45) is 11.8 Å². The lowest BCUT2D eigenvalue weighted by molar-refractivity contribution is 0.213. The Morgan fingerprint density at radius 1 is 1.20 bits per heavy atom. The second kappa shape index (κ2) is 9.18. The number of nitrogens with zero attached hydrogens (tertiary/aromatic N) is 1. The van der Waals surface area contributed by atoms with Crippen LogP contribution in [0.5, 0.6) is 0 Å². The minimum atomic E-state index is 0.139. The third-order valence-corrected chi connectivity index (χ3v) is 3.67. The molecule has 1 heterocycles. The quantitative estimate of drug-likeness (QED) is 0.777. The Morgan fingerprint density at radius 3 is 2.40 bits per heavy atom. The minimum absolute atomic E-state index is 0.139. The maximum atomic E-state index is 8.73. The molecular weight excluding hydrogens is 266 g/mol. The van der Waals surface area contributed by atoms with Gasteiger partial charge in [-0.05, 0) is 17.9 Å². The number of aliphatic hydroxyl groups is 1. The lowest BCUT2D eigenvalue weighted by Gasteiger charge is -2.25. The van der Waals surface area contributed by atoms with E-state index in [1.807, 2.05) is 0 Å². The highest BCUT2D eigenvalue weighted by molar-refractivity contribution is 7.10. The lowest BCUT2D eigenvalue weighted by atomic mass is 10.1. The van der Waals surface area contributed by atoms with Crippen molar-refractivity contribution in [1.29, 1.82) is 0 Å². The fraction of sp³-hybridized carbons (Fsp3) is 0.647. The molecule has 0 fully saturated rings. The molecule has 1 aromatic rings. The van der Waals surface area contributed by atoms with Crippen LogP contribution in [-0.4, -0.2) is 29.7 Å². The highest BCUT2D eigenvalue weighted by Gasteiger charge is 2.11. The van der Waals surface area contributed by atoms with Crippen molar-refractivity contribution in [3.05, 3.63) is 21.9 Å². The van der Waals surface area contributed by atoms with Gasteiger partial charge in [-0.1, -0.05) is 39.5 Å². The van der Waals surface area contributed by atoms with Gasteiger partial charge in [-0.15, -0.1) is 11.3 Å². The molecule has 1 N–H and O–H groups in total. The molecule has 0 aliphatic carbocycles. The van der Waals surface area contributed by atoms with E-state index in [-0.39, 0.29) is 6.61 Å². The number of aliphatic hydroxyl groups excluding tert-OH is 1. The van der Waals surface area contributed by atoms with Crippen molar-refractivity contribution in [3.63, 3.8) is 0 Å². The third kappa shape index (κ3) is 7.09. The first kappa shape index (κ1) is 17.2. The monoisotopic (exact) mass is 293 g/mol. The van der Waals surface area contributed by atoms with Crippen molar-refractivity contribution in [2.75, 3.05) is 19.7 Å². The van der Waals surface area contributed by atoms with Gasteiger partial charge in [0.05, 0.1) is 6.61 Å².